The van der Waals surface area contributed by atoms with Gasteiger partial charge < -0.3 is 19.4 Å². The van der Waals surface area contributed by atoms with Gasteiger partial charge in [0.2, 0.25) is 5.89 Å². The number of carbonyl (C=O) groups is 1. The number of nitrogens with one attached hydrogen (secondary N) is 1. The number of hydrogen-bond donors (Lipinski definition) is 1. The van der Waals surface area contributed by atoms with Crippen LogP contribution in [0.4, 0.5) is 11.4 Å². The van der Waals surface area contributed by atoms with Crippen LogP contribution in [-0.2, 0) is 4.74 Å². The molecule has 1 aliphatic rings. The largest absolute Gasteiger partial charge is 0.434 e. The summed E-state index contributed by atoms with van der Waals surface area (Å²) in [4.78, 5) is 23.7. The summed E-state index contributed by atoms with van der Waals surface area (Å²) in [6.07, 6.45) is 1.68. The highest BCUT2D eigenvalue weighted by atomic mass is 16.5. The molecule has 0 aliphatic carbocycles. The Hall–Kier alpha value is -3.71. The molecule has 1 saturated heterocycles. The maximum absolute atomic E-state index is 12.9. The number of morpholine rings is 1. The highest BCUT2D eigenvalue weighted by molar-refractivity contribution is 6.08. The van der Waals surface area contributed by atoms with Crippen molar-refractivity contribution in [1.82, 2.24) is 9.97 Å². The van der Waals surface area contributed by atoms with E-state index in [1.807, 2.05) is 60.7 Å². The summed E-state index contributed by atoms with van der Waals surface area (Å²) in [5.41, 5.74) is 4.31. The first-order valence-electron chi connectivity index (χ1n) is 9.83. The fourth-order valence-corrected chi connectivity index (χ4v) is 3.53. The van der Waals surface area contributed by atoms with E-state index in [2.05, 4.69) is 20.2 Å². The smallest absolute Gasteiger partial charge is 0.257 e. The lowest BCUT2D eigenvalue weighted by atomic mass is 10.1. The highest BCUT2D eigenvalue weighted by Crippen LogP contribution is 2.26. The number of aromatic nitrogens is 2. The molecule has 0 radical (unpaired) electrons. The molecule has 150 valence electrons. The van der Waals surface area contributed by atoms with Crippen LogP contribution in [0.15, 0.2) is 71.3 Å². The van der Waals surface area contributed by atoms with E-state index in [-0.39, 0.29) is 5.91 Å². The van der Waals surface area contributed by atoms with E-state index in [9.17, 15) is 4.79 Å². The number of anilines is 2. The van der Waals surface area contributed by atoms with Crippen molar-refractivity contribution in [2.24, 2.45) is 0 Å². The first kappa shape index (κ1) is 18.3. The van der Waals surface area contributed by atoms with Crippen molar-refractivity contribution in [2.45, 2.75) is 0 Å². The van der Waals surface area contributed by atoms with Gasteiger partial charge in [-0.3, -0.25) is 4.79 Å². The van der Waals surface area contributed by atoms with Crippen LogP contribution >= 0.6 is 0 Å². The number of amides is 1. The summed E-state index contributed by atoms with van der Waals surface area (Å²) >= 11 is 0. The number of fused-ring (bicyclic) bond motifs is 1. The molecule has 1 amide bonds. The van der Waals surface area contributed by atoms with Crippen LogP contribution < -0.4 is 10.2 Å². The van der Waals surface area contributed by atoms with Crippen LogP contribution in [-0.4, -0.2) is 42.2 Å². The first-order valence-corrected chi connectivity index (χ1v) is 9.83. The highest BCUT2D eigenvalue weighted by Gasteiger charge is 2.18. The zero-order valence-corrected chi connectivity index (χ0v) is 16.2. The minimum absolute atomic E-state index is 0.143. The van der Waals surface area contributed by atoms with Crippen molar-refractivity contribution < 1.29 is 13.9 Å². The lowest BCUT2D eigenvalue weighted by Crippen LogP contribution is -2.37. The van der Waals surface area contributed by atoms with Crippen molar-refractivity contribution in [2.75, 3.05) is 36.5 Å². The Bertz CT molecular complexity index is 1150. The summed E-state index contributed by atoms with van der Waals surface area (Å²) < 4.78 is 11.2. The maximum Gasteiger partial charge on any atom is 0.257 e. The molecule has 7 heteroatoms. The molecule has 1 aliphatic heterocycles. The van der Waals surface area contributed by atoms with E-state index >= 15 is 0 Å². The molecule has 1 N–H and O–H groups in total. The molecule has 7 nitrogen and oxygen atoms in total. The Balaban J connectivity index is 1.34. The van der Waals surface area contributed by atoms with Crippen LogP contribution in [0, 0.1) is 0 Å². The number of ether oxygens (including phenoxy) is 1. The van der Waals surface area contributed by atoms with E-state index in [1.165, 1.54) is 0 Å². The van der Waals surface area contributed by atoms with Crippen LogP contribution in [0.2, 0.25) is 0 Å². The van der Waals surface area contributed by atoms with E-state index in [1.54, 1.807) is 6.20 Å². The van der Waals surface area contributed by atoms with E-state index in [0.29, 0.717) is 41.6 Å². The summed E-state index contributed by atoms with van der Waals surface area (Å²) in [6, 6.07) is 18.7. The van der Waals surface area contributed by atoms with Crippen molar-refractivity contribution in [1.29, 1.82) is 0 Å². The third-order valence-corrected chi connectivity index (χ3v) is 5.06. The molecule has 0 spiro atoms. The number of pyridine rings is 1. The molecule has 0 bridgehead atoms. The molecule has 5 rings (SSSR count). The average molecular weight is 400 g/mol. The van der Waals surface area contributed by atoms with Crippen molar-refractivity contribution in [3.05, 3.63) is 72.4 Å². The summed E-state index contributed by atoms with van der Waals surface area (Å²) in [5, 5.41) is 2.98. The van der Waals surface area contributed by atoms with Gasteiger partial charge in [-0.15, -0.1) is 0 Å². The monoisotopic (exact) mass is 400 g/mol. The first-order chi connectivity index (χ1) is 14.8. The second kappa shape index (κ2) is 7.96. The Morgan fingerprint density at radius 3 is 2.57 bits per heavy atom. The Kier molecular flexibility index (Phi) is 4.86. The predicted molar refractivity (Wildman–Crippen MR) is 115 cm³/mol. The van der Waals surface area contributed by atoms with Crippen molar-refractivity contribution >= 4 is 28.5 Å². The van der Waals surface area contributed by atoms with Gasteiger partial charge in [0.1, 0.15) is 0 Å². The number of carbonyl (C=O) groups excluding carboxylic acids is 1. The number of hydrogen-bond acceptors (Lipinski definition) is 6. The van der Waals surface area contributed by atoms with Gasteiger partial charge in [-0.25, -0.2) is 4.98 Å². The predicted octanol–water partition coefficient (Wildman–Crippen LogP) is 3.98. The molecule has 1 fully saturated rings. The zero-order valence-electron chi connectivity index (χ0n) is 16.2. The van der Waals surface area contributed by atoms with Crippen molar-refractivity contribution in [3.8, 4) is 11.5 Å². The van der Waals surface area contributed by atoms with Gasteiger partial charge in [-0.2, -0.15) is 4.98 Å². The fraction of sp³-hybridized carbons (Fsp3) is 0.174. The van der Waals surface area contributed by atoms with Gasteiger partial charge in [0, 0.05) is 36.2 Å². The topological polar surface area (TPSA) is 80.5 Å². The molecule has 2 aromatic carbocycles. The second-order valence-electron chi connectivity index (χ2n) is 6.99. The number of para-hydroxylation sites is 1. The van der Waals surface area contributed by atoms with Gasteiger partial charge >= 0.3 is 0 Å². The molecule has 3 heterocycles. The standard InChI is InChI=1S/C23H20N4O3/c28-22(18-4-1-2-5-19(18)27-12-14-29-15-13-27)25-17-9-7-16(8-10-17)23-26-21-20(30-23)6-3-11-24-21/h1-11H,12-15H2,(H,25,28). The lowest BCUT2D eigenvalue weighted by Gasteiger charge is -2.30. The molecule has 2 aromatic heterocycles. The zero-order chi connectivity index (χ0) is 20.3. The number of rotatable bonds is 4. The lowest BCUT2D eigenvalue weighted by molar-refractivity contribution is 0.102. The average Bonchev–Trinajstić information content (AvgIpc) is 3.24. The minimum Gasteiger partial charge on any atom is -0.434 e. The SMILES string of the molecule is O=C(Nc1ccc(-c2nc3ncccc3o2)cc1)c1ccccc1N1CCOCC1. The molecule has 0 atom stereocenters. The maximum atomic E-state index is 12.9. The molecule has 0 saturated carbocycles. The van der Waals surface area contributed by atoms with E-state index < -0.39 is 0 Å². The second-order valence-corrected chi connectivity index (χ2v) is 6.99. The molecule has 4 aromatic rings. The van der Waals surface area contributed by atoms with Crippen LogP contribution in [0.25, 0.3) is 22.7 Å². The third kappa shape index (κ3) is 3.62. The minimum atomic E-state index is -0.143. The molecular formula is C23H20N4O3. The Morgan fingerprint density at radius 2 is 1.77 bits per heavy atom. The Morgan fingerprint density at radius 1 is 0.967 bits per heavy atom. The summed E-state index contributed by atoms with van der Waals surface area (Å²) in [6.45, 7) is 2.89. The van der Waals surface area contributed by atoms with E-state index in [4.69, 9.17) is 9.15 Å². The number of benzene rings is 2. The van der Waals surface area contributed by atoms with Gasteiger partial charge in [0.25, 0.3) is 5.91 Å². The van der Waals surface area contributed by atoms with Crippen LogP contribution in [0.1, 0.15) is 10.4 Å². The number of nitrogens with zero attached hydrogens (tertiary/aromatic N) is 3. The number of oxazole rings is 1. The molecular weight excluding hydrogens is 380 g/mol. The van der Waals surface area contributed by atoms with E-state index in [0.717, 1.165) is 24.3 Å². The Labute approximate surface area is 173 Å². The summed E-state index contributed by atoms with van der Waals surface area (Å²) in [5.74, 6) is 0.357. The van der Waals surface area contributed by atoms with Gasteiger partial charge in [0.05, 0.1) is 18.8 Å². The van der Waals surface area contributed by atoms with Crippen LogP contribution in [0.3, 0.4) is 0 Å². The quantitative estimate of drug-likeness (QED) is 0.558. The third-order valence-electron chi connectivity index (χ3n) is 5.06. The molecule has 30 heavy (non-hydrogen) atoms. The van der Waals surface area contributed by atoms with Gasteiger partial charge in [0.15, 0.2) is 11.2 Å². The van der Waals surface area contributed by atoms with Crippen LogP contribution in [0.5, 0.6) is 0 Å². The fourth-order valence-electron chi connectivity index (χ4n) is 3.53. The molecule has 0 unspecified atom stereocenters. The van der Waals surface area contributed by atoms with Crippen molar-refractivity contribution in [3.63, 3.8) is 0 Å². The van der Waals surface area contributed by atoms with Gasteiger partial charge in [-0.05, 0) is 48.5 Å². The van der Waals surface area contributed by atoms with Gasteiger partial charge in [-0.1, -0.05) is 12.1 Å². The summed E-state index contributed by atoms with van der Waals surface area (Å²) in [7, 11) is 0. The normalized spacial score (nSPS) is 14.1.